The molecule has 1 unspecified atom stereocenters. The first-order chi connectivity index (χ1) is 9.63. The number of piperazine rings is 1. The van der Waals surface area contributed by atoms with Gasteiger partial charge in [-0.1, -0.05) is 31.6 Å². The number of hydrogen-bond donors (Lipinski definition) is 1. The van der Waals surface area contributed by atoms with Crippen molar-refractivity contribution in [3.05, 3.63) is 22.4 Å². The minimum Gasteiger partial charge on any atom is -0.392 e. The molecule has 1 atom stereocenters. The molecule has 1 aromatic heterocycles. The second kappa shape index (κ2) is 7.15. The molecule has 2 N–H and O–H groups in total. The molecule has 0 radical (unpaired) electrons. The zero-order valence-electron chi connectivity index (χ0n) is 11.7. The summed E-state index contributed by atoms with van der Waals surface area (Å²) in [7, 11) is 0. The highest BCUT2D eigenvalue weighted by molar-refractivity contribution is 7.80. The average Bonchev–Trinajstić information content (AvgIpc) is 2.98. The highest BCUT2D eigenvalue weighted by Gasteiger charge is 2.27. The molecular weight excluding hydrogens is 290 g/mol. The Kier molecular flexibility index (Phi) is 5.51. The molecule has 1 amide bonds. The van der Waals surface area contributed by atoms with Gasteiger partial charge in [0.25, 0.3) is 5.91 Å². The van der Waals surface area contributed by atoms with Crippen molar-refractivity contribution >= 4 is 34.5 Å². The molecule has 1 fully saturated rings. The molecule has 0 aromatic carbocycles. The molecule has 110 valence electrons. The summed E-state index contributed by atoms with van der Waals surface area (Å²) in [5.74, 6) is 0.141. The minimum absolute atomic E-state index is 0.141. The molecule has 0 aliphatic carbocycles. The van der Waals surface area contributed by atoms with Crippen LogP contribution in [0.15, 0.2) is 17.5 Å². The van der Waals surface area contributed by atoms with Crippen LogP contribution in [-0.2, 0) is 0 Å². The predicted octanol–water partition coefficient (Wildman–Crippen LogP) is 1.96. The number of thiophene rings is 1. The number of nitrogens with zero attached hydrogens (tertiary/aromatic N) is 2. The van der Waals surface area contributed by atoms with Gasteiger partial charge in [0.2, 0.25) is 0 Å². The van der Waals surface area contributed by atoms with Crippen LogP contribution in [0.5, 0.6) is 0 Å². The van der Waals surface area contributed by atoms with Crippen molar-refractivity contribution in [2.24, 2.45) is 5.73 Å². The highest BCUT2D eigenvalue weighted by Crippen LogP contribution is 2.16. The van der Waals surface area contributed by atoms with Gasteiger partial charge in [0.05, 0.1) is 15.9 Å². The fourth-order valence-corrected chi connectivity index (χ4v) is 3.53. The molecular formula is C14H21N3OS2. The van der Waals surface area contributed by atoms with Crippen molar-refractivity contribution in [1.29, 1.82) is 0 Å². The summed E-state index contributed by atoms with van der Waals surface area (Å²) in [4.78, 5) is 17.9. The summed E-state index contributed by atoms with van der Waals surface area (Å²) in [6, 6.07) is 3.97. The maximum atomic E-state index is 12.3. The number of hydrogen-bond acceptors (Lipinski definition) is 4. The van der Waals surface area contributed by atoms with Crippen LogP contribution >= 0.6 is 23.6 Å². The first-order valence-corrected chi connectivity index (χ1v) is 8.28. The third-order valence-corrected chi connectivity index (χ3v) is 4.79. The number of thiocarbonyl (C=S) groups is 1. The Morgan fingerprint density at radius 1 is 1.45 bits per heavy atom. The Bertz CT molecular complexity index is 453. The van der Waals surface area contributed by atoms with Gasteiger partial charge in [0.15, 0.2) is 0 Å². The van der Waals surface area contributed by atoms with Crippen molar-refractivity contribution in [3.8, 4) is 0 Å². The zero-order valence-corrected chi connectivity index (χ0v) is 13.4. The van der Waals surface area contributed by atoms with E-state index in [2.05, 4.69) is 11.8 Å². The minimum atomic E-state index is 0.141. The summed E-state index contributed by atoms with van der Waals surface area (Å²) in [6.07, 6.45) is 2.06. The van der Waals surface area contributed by atoms with Crippen LogP contribution < -0.4 is 5.73 Å². The van der Waals surface area contributed by atoms with Crippen LogP contribution in [-0.4, -0.2) is 52.9 Å². The lowest BCUT2D eigenvalue weighted by molar-refractivity contribution is 0.0613. The SMILES string of the molecule is CCCC(C(N)=S)N1CCN(C(=O)c2cccs2)CC1. The van der Waals surface area contributed by atoms with E-state index in [4.69, 9.17) is 18.0 Å². The summed E-state index contributed by atoms with van der Waals surface area (Å²) in [5.41, 5.74) is 5.84. The molecule has 1 aliphatic rings. The van der Waals surface area contributed by atoms with Gasteiger partial charge in [0, 0.05) is 26.2 Å². The molecule has 20 heavy (non-hydrogen) atoms. The van der Waals surface area contributed by atoms with Crippen molar-refractivity contribution in [2.45, 2.75) is 25.8 Å². The van der Waals surface area contributed by atoms with Crippen LogP contribution in [0, 0.1) is 0 Å². The van der Waals surface area contributed by atoms with Crippen LogP contribution in [0.25, 0.3) is 0 Å². The fourth-order valence-electron chi connectivity index (χ4n) is 2.57. The Hall–Kier alpha value is -0.980. The van der Waals surface area contributed by atoms with Crippen LogP contribution in [0.3, 0.4) is 0 Å². The maximum absolute atomic E-state index is 12.3. The van der Waals surface area contributed by atoms with E-state index in [-0.39, 0.29) is 11.9 Å². The van der Waals surface area contributed by atoms with Gasteiger partial charge >= 0.3 is 0 Å². The lowest BCUT2D eigenvalue weighted by Crippen LogP contribution is -2.54. The summed E-state index contributed by atoms with van der Waals surface area (Å²) in [5, 5.41) is 1.94. The summed E-state index contributed by atoms with van der Waals surface area (Å²) >= 11 is 6.67. The van der Waals surface area contributed by atoms with Gasteiger partial charge < -0.3 is 10.6 Å². The normalized spacial score (nSPS) is 17.9. The first-order valence-electron chi connectivity index (χ1n) is 6.99. The first kappa shape index (κ1) is 15.4. The fraction of sp³-hybridized carbons (Fsp3) is 0.571. The second-order valence-corrected chi connectivity index (χ2v) is 6.43. The van der Waals surface area contributed by atoms with E-state index in [9.17, 15) is 4.79 Å². The van der Waals surface area contributed by atoms with Gasteiger partial charge in [-0.2, -0.15) is 0 Å². The van der Waals surface area contributed by atoms with Crippen molar-refractivity contribution in [3.63, 3.8) is 0 Å². The Labute approximate surface area is 129 Å². The van der Waals surface area contributed by atoms with Crippen LogP contribution in [0.1, 0.15) is 29.4 Å². The monoisotopic (exact) mass is 311 g/mol. The number of nitrogens with two attached hydrogens (primary N) is 1. The Morgan fingerprint density at radius 3 is 2.65 bits per heavy atom. The van der Waals surface area contributed by atoms with Gasteiger partial charge in [-0.05, 0) is 17.9 Å². The molecule has 4 nitrogen and oxygen atoms in total. The molecule has 1 aromatic rings. The van der Waals surface area contributed by atoms with Gasteiger partial charge in [-0.25, -0.2) is 0 Å². The number of carbonyl (C=O) groups is 1. The number of rotatable bonds is 5. The standard InChI is InChI=1S/C14H21N3OS2/c1-2-4-11(13(15)19)16-6-8-17(9-7-16)14(18)12-5-3-10-20-12/h3,5,10-11H,2,4,6-9H2,1H3,(H2,15,19). The van der Waals surface area contributed by atoms with E-state index in [0.29, 0.717) is 4.99 Å². The third kappa shape index (κ3) is 3.56. The lowest BCUT2D eigenvalue weighted by Gasteiger charge is -2.38. The predicted molar refractivity (Wildman–Crippen MR) is 87.3 cm³/mol. The Balaban J connectivity index is 1.91. The van der Waals surface area contributed by atoms with E-state index in [1.807, 2.05) is 22.4 Å². The average molecular weight is 311 g/mol. The number of carbonyl (C=O) groups excluding carboxylic acids is 1. The highest BCUT2D eigenvalue weighted by atomic mass is 32.1. The molecule has 2 rings (SSSR count). The van der Waals surface area contributed by atoms with Gasteiger partial charge in [0.1, 0.15) is 0 Å². The lowest BCUT2D eigenvalue weighted by atomic mass is 10.1. The molecule has 6 heteroatoms. The second-order valence-electron chi connectivity index (χ2n) is 5.01. The van der Waals surface area contributed by atoms with Crippen molar-refractivity contribution in [2.75, 3.05) is 26.2 Å². The van der Waals surface area contributed by atoms with Gasteiger partial charge in [-0.3, -0.25) is 9.69 Å². The molecule has 1 saturated heterocycles. The molecule has 0 bridgehead atoms. The largest absolute Gasteiger partial charge is 0.392 e. The van der Waals surface area contributed by atoms with E-state index < -0.39 is 0 Å². The van der Waals surface area contributed by atoms with Crippen LogP contribution in [0.2, 0.25) is 0 Å². The van der Waals surface area contributed by atoms with Crippen molar-refractivity contribution in [1.82, 2.24) is 9.80 Å². The van der Waals surface area contributed by atoms with Gasteiger partial charge in [-0.15, -0.1) is 11.3 Å². The third-order valence-electron chi connectivity index (χ3n) is 3.66. The quantitative estimate of drug-likeness (QED) is 0.845. The van der Waals surface area contributed by atoms with Crippen LogP contribution in [0.4, 0.5) is 0 Å². The Morgan fingerprint density at radius 2 is 2.15 bits per heavy atom. The summed E-state index contributed by atoms with van der Waals surface area (Å²) in [6.45, 7) is 5.33. The zero-order chi connectivity index (χ0) is 14.5. The topological polar surface area (TPSA) is 49.6 Å². The smallest absolute Gasteiger partial charge is 0.264 e. The molecule has 0 spiro atoms. The maximum Gasteiger partial charge on any atom is 0.264 e. The molecule has 0 saturated carbocycles. The van der Waals surface area contributed by atoms with E-state index in [1.54, 1.807) is 0 Å². The van der Waals surface area contributed by atoms with E-state index >= 15 is 0 Å². The van der Waals surface area contributed by atoms with E-state index in [0.717, 1.165) is 43.9 Å². The van der Waals surface area contributed by atoms with E-state index in [1.165, 1.54) is 11.3 Å². The molecule has 2 heterocycles. The van der Waals surface area contributed by atoms with Crippen molar-refractivity contribution < 1.29 is 4.79 Å². The molecule has 1 aliphatic heterocycles. The summed E-state index contributed by atoms with van der Waals surface area (Å²) < 4.78 is 0. The number of amides is 1.